The number of allylic oxidation sites excluding steroid dienone is 3. The molecule has 0 spiro atoms. The molecule has 0 bridgehead atoms. The lowest BCUT2D eigenvalue weighted by molar-refractivity contribution is -0.126. The third-order valence-electron chi connectivity index (χ3n) is 3.57. The van der Waals surface area contributed by atoms with E-state index in [1.165, 1.54) is 19.1 Å². The zero-order valence-electron chi connectivity index (χ0n) is 13.8. The SMILES string of the molecule is C=C(/C(=C\C=C(/C)Oc1ccc(Cl)cc1)C1(C)OCCO1)C(F)(F)F. The molecule has 0 atom stereocenters. The van der Waals surface area contributed by atoms with Crippen molar-refractivity contribution in [2.75, 3.05) is 13.2 Å². The third kappa shape index (κ3) is 5.11. The molecule has 1 saturated heterocycles. The molecule has 0 N–H and O–H groups in total. The summed E-state index contributed by atoms with van der Waals surface area (Å²) < 4.78 is 55.6. The Morgan fingerprint density at radius 2 is 1.76 bits per heavy atom. The fourth-order valence-electron chi connectivity index (χ4n) is 2.27. The average molecular weight is 375 g/mol. The van der Waals surface area contributed by atoms with Crippen LogP contribution in [0.1, 0.15) is 13.8 Å². The topological polar surface area (TPSA) is 27.7 Å². The van der Waals surface area contributed by atoms with Crippen molar-refractivity contribution in [1.29, 1.82) is 0 Å². The first kappa shape index (κ1) is 19.6. The van der Waals surface area contributed by atoms with Gasteiger partial charge in [0.2, 0.25) is 0 Å². The molecular formula is C18H18ClF3O3. The van der Waals surface area contributed by atoms with E-state index in [4.69, 9.17) is 25.8 Å². The van der Waals surface area contributed by atoms with Gasteiger partial charge in [0.1, 0.15) is 11.5 Å². The van der Waals surface area contributed by atoms with Crippen LogP contribution in [0, 0.1) is 0 Å². The Labute approximate surface area is 149 Å². The summed E-state index contributed by atoms with van der Waals surface area (Å²) >= 11 is 5.79. The average Bonchev–Trinajstić information content (AvgIpc) is 2.96. The largest absolute Gasteiger partial charge is 0.462 e. The van der Waals surface area contributed by atoms with E-state index in [-0.39, 0.29) is 18.8 Å². The van der Waals surface area contributed by atoms with E-state index in [0.29, 0.717) is 16.5 Å². The number of hydrogen-bond acceptors (Lipinski definition) is 3. The molecule has 1 aliphatic heterocycles. The predicted molar refractivity (Wildman–Crippen MR) is 89.4 cm³/mol. The van der Waals surface area contributed by atoms with Crippen LogP contribution in [0.25, 0.3) is 0 Å². The smallest absolute Gasteiger partial charge is 0.416 e. The molecule has 136 valence electrons. The molecule has 0 radical (unpaired) electrons. The molecule has 0 saturated carbocycles. The van der Waals surface area contributed by atoms with E-state index >= 15 is 0 Å². The van der Waals surface area contributed by atoms with Gasteiger partial charge in [0, 0.05) is 10.6 Å². The van der Waals surface area contributed by atoms with Crippen LogP contribution in [-0.4, -0.2) is 25.2 Å². The molecule has 1 aromatic carbocycles. The Hall–Kier alpha value is -1.76. The molecule has 25 heavy (non-hydrogen) atoms. The van der Waals surface area contributed by atoms with Gasteiger partial charge in [0.15, 0.2) is 5.79 Å². The molecule has 3 nitrogen and oxygen atoms in total. The van der Waals surface area contributed by atoms with Crippen LogP contribution in [0.5, 0.6) is 5.75 Å². The second-order valence-electron chi connectivity index (χ2n) is 5.53. The minimum Gasteiger partial charge on any atom is -0.462 e. The monoisotopic (exact) mass is 374 g/mol. The number of ether oxygens (including phenoxy) is 3. The Balaban J connectivity index is 2.26. The van der Waals surface area contributed by atoms with Crippen LogP contribution >= 0.6 is 11.6 Å². The van der Waals surface area contributed by atoms with E-state index in [2.05, 4.69) is 6.58 Å². The van der Waals surface area contributed by atoms with Crippen molar-refractivity contribution < 1.29 is 27.4 Å². The molecule has 1 fully saturated rings. The molecule has 1 aromatic rings. The van der Waals surface area contributed by atoms with Crippen molar-refractivity contribution >= 4 is 11.6 Å². The van der Waals surface area contributed by atoms with E-state index in [9.17, 15) is 13.2 Å². The molecule has 0 aliphatic carbocycles. The van der Waals surface area contributed by atoms with Gasteiger partial charge in [0.25, 0.3) is 0 Å². The minimum absolute atomic E-state index is 0.198. The number of halogens is 4. The Kier molecular flexibility index (Phi) is 5.98. The second-order valence-corrected chi connectivity index (χ2v) is 5.97. The van der Waals surface area contributed by atoms with Gasteiger partial charge in [0.05, 0.1) is 18.8 Å². The molecule has 7 heteroatoms. The van der Waals surface area contributed by atoms with Gasteiger partial charge in [-0.2, -0.15) is 13.2 Å². The summed E-state index contributed by atoms with van der Waals surface area (Å²) in [6.45, 7) is 6.63. The van der Waals surface area contributed by atoms with Crippen molar-refractivity contribution in [3.05, 3.63) is 64.9 Å². The first-order valence-electron chi connectivity index (χ1n) is 7.49. The zero-order valence-corrected chi connectivity index (χ0v) is 14.6. The van der Waals surface area contributed by atoms with Crippen molar-refractivity contribution in [3.63, 3.8) is 0 Å². The summed E-state index contributed by atoms with van der Waals surface area (Å²) in [6, 6.07) is 6.61. The summed E-state index contributed by atoms with van der Waals surface area (Å²) in [4.78, 5) is 0. The molecule has 0 aromatic heterocycles. The summed E-state index contributed by atoms with van der Waals surface area (Å²) in [5, 5.41) is 0.557. The van der Waals surface area contributed by atoms with Gasteiger partial charge in [-0.3, -0.25) is 0 Å². The summed E-state index contributed by atoms with van der Waals surface area (Å²) in [7, 11) is 0. The highest BCUT2D eigenvalue weighted by Gasteiger charge is 2.44. The Bertz CT molecular complexity index is 685. The van der Waals surface area contributed by atoms with Crippen molar-refractivity contribution in [2.45, 2.75) is 25.8 Å². The second kappa shape index (κ2) is 7.64. The van der Waals surface area contributed by atoms with E-state index in [1.807, 2.05) is 0 Å². The summed E-state index contributed by atoms with van der Waals surface area (Å²) in [5.74, 6) is -0.595. The van der Waals surface area contributed by atoms with Crippen LogP contribution in [0.4, 0.5) is 13.2 Å². The molecular weight excluding hydrogens is 357 g/mol. The van der Waals surface area contributed by atoms with Gasteiger partial charge in [-0.25, -0.2) is 0 Å². The predicted octanol–water partition coefficient (Wildman–Crippen LogP) is 5.43. The first-order chi connectivity index (χ1) is 11.6. The normalized spacial score (nSPS) is 18.3. The number of alkyl halides is 3. The summed E-state index contributed by atoms with van der Waals surface area (Å²) in [5.41, 5.74) is -1.22. The van der Waals surface area contributed by atoms with Crippen LogP contribution in [0.2, 0.25) is 5.02 Å². The Morgan fingerprint density at radius 3 is 2.28 bits per heavy atom. The van der Waals surface area contributed by atoms with Crippen molar-refractivity contribution in [1.82, 2.24) is 0 Å². The molecule has 0 amide bonds. The van der Waals surface area contributed by atoms with E-state index in [0.717, 1.165) is 0 Å². The lowest BCUT2D eigenvalue weighted by Crippen LogP contribution is -2.32. The standard InChI is InChI=1S/C18H18ClF3O3/c1-12(25-15-7-5-14(19)6-8-15)4-9-16(13(2)18(20,21)22)17(3)23-10-11-24-17/h4-9H,2,10-11H2,1,3H3/b12-4+,16-9+. The van der Waals surface area contributed by atoms with Gasteiger partial charge >= 0.3 is 6.18 Å². The highest BCUT2D eigenvalue weighted by molar-refractivity contribution is 6.30. The molecule has 1 aliphatic rings. The van der Waals surface area contributed by atoms with Crippen LogP contribution in [0.15, 0.2) is 59.9 Å². The van der Waals surface area contributed by atoms with Crippen LogP contribution in [-0.2, 0) is 9.47 Å². The highest BCUT2D eigenvalue weighted by atomic mass is 35.5. The first-order valence-corrected chi connectivity index (χ1v) is 7.86. The fraction of sp³-hybridized carbons (Fsp3) is 0.333. The third-order valence-corrected chi connectivity index (χ3v) is 3.82. The maximum Gasteiger partial charge on any atom is 0.416 e. The number of hydrogen-bond donors (Lipinski definition) is 0. The maximum absolute atomic E-state index is 13.1. The molecule has 1 heterocycles. The minimum atomic E-state index is -4.59. The van der Waals surface area contributed by atoms with E-state index in [1.54, 1.807) is 31.2 Å². The quantitative estimate of drug-likeness (QED) is 0.508. The van der Waals surface area contributed by atoms with Gasteiger partial charge < -0.3 is 14.2 Å². The number of benzene rings is 1. The van der Waals surface area contributed by atoms with Crippen molar-refractivity contribution in [2.24, 2.45) is 0 Å². The van der Waals surface area contributed by atoms with Crippen LogP contribution < -0.4 is 4.74 Å². The van der Waals surface area contributed by atoms with Crippen LogP contribution in [0.3, 0.4) is 0 Å². The molecule has 0 unspecified atom stereocenters. The summed E-state index contributed by atoms with van der Waals surface area (Å²) in [6.07, 6.45) is -1.92. The fourth-order valence-corrected chi connectivity index (χ4v) is 2.40. The van der Waals surface area contributed by atoms with Gasteiger partial charge in [-0.1, -0.05) is 18.2 Å². The maximum atomic E-state index is 13.1. The Morgan fingerprint density at radius 1 is 1.20 bits per heavy atom. The zero-order chi connectivity index (χ0) is 18.7. The van der Waals surface area contributed by atoms with E-state index < -0.39 is 17.5 Å². The lowest BCUT2D eigenvalue weighted by Gasteiger charge is -2.28. The lowest BCUT2D eigenvalue weighted by atomic mass is 9.98. The highest BCUT2D eigenvalue weighted by Crippen LogP contribution is 2.39. The van der Waals surface area contributed by atoms with Gasteiger partial charge in [-0.05, 0) is 50.3 Å². The van der Waals surface area contributed by atoms with Gasteiger partial charge in [-0.15, -0.1) is 0 Å². The molecule has 2 rings (SSSR count). The number of rotatable bonds is 5. The van der Waals surface area contributed by atoms with Crippen molar-refractivity contribution in [3.8, 4) is 5.75 Å².